The molecule has 0 radical (unpaired) electrons. The van der Waals surface area contributed by atoms with Crippen molar-refractivity contribution in [1.29, 1.82) is 0 Å². The van der Waals surface area contributed by atoms with Crippen LogP contribution in [0.1, 0.15) is 117 Å². The van der Waals surface area contributed by atoms with E-state index >= 15 is 0 Å². The molecule has 18 heteroatoms. The van der Waals surface area contributed by atoms with Crippen LogP contribution in [0.25, 0.3) is 0 Å². The lowest BCUT2D eigenvalue weighted by molar-refractivity contribution is 0.107. The number of pyridine rings is 6. The van der Waals surface area contributed by atoms with Gasteiger partial charge < -0.3 is 55.6 Å². The molecule has 10 aliphatic heterocycles. The third kappa shape index (κ3) is 26.0. The number of fused-ring (bicyclic) bond motifs is 11. The van der Waals surface area contributed by atoms with E-state index in [0.717, 1.165) is 159 Å². The van der Waals surface area contributed by atoms with Gasteiger partial charge in [0.15, 0.2) is 0 Å². The zero-order valence-electron chi connectivity index (χ0n) is 63.7. The first-order valence-corrected chi connectivity index (χ1v) is 40.6. The van der Waals surface area contributed by atoms with Gasteiger partial charge in [0.1, 0.15) is 23.9 Å². The second-order valence-electron chi connectivity index (χ2n) is 27.6. The van der Waals surface area contributed by atoms with Crippen molar-refractivity contribution in [2.75, 3.05) is 105 Å². The molecule has 1 aliphatic carbocycles. The van der Waals surface area contributed by atoms with Crippen molar-refractivity contribution >= 4 is 40.3 Å². The summed E-state index contributed by atoms with van der Waals surface area (Å²) in [6.45, 7) is 13.8. The quantitative estimate of drug-likeness (QED) is 0.0838. The molecule has 0 saturated heterocycles. The maximum absolute atomic E-state index is 5.42. The summed E-state index contributed by atoms with van der Waals surface area (Å²) in [5.41, 5.74) is 23.4. The Labute approximate surface area is 655 Å². The number of ether oxygens (including phenoxy) is 5. The lowest BCUT2D eigenvalue weighted by Crippen LogP contribution is -2.24. The molecule has 110 heavy (non-hydrogen) atoms. The van der Waals surface area contributed by atoms with Gasteiger partial charge in [-0.15, -0.1) is 11.8 Å². The van der Waals surface area contributed by atoms with Crippen LogP contribution in [0.5, 0.6) is 11.5 Å². The maximum Gasteiger partial charge on any atom is 0.142 e. The van der Waals surface area contributed by atoms with Gasteiger partial charge in [-0.2, -0.15) is 0 Å². The number of aryl methyl sites for hydroxylation is 6. The Balaban J connectivity index is 0.000000113. The van der Waals surface area contributed by atoms with Crippen LogP contribution in [0.4, 0.5) is 28.6 Å². The Morgan fingerprint density at radius 3 is 1.45 bits per heavy atom. The van der Waals surface area contributed by atoms with E-state index in [1.165, 1.54) is 165 Å². The van der Waals surface area contributed by atoms with Gasteiger partial charge in [0.2, 0.25) is 0 Å². The second kappa shape index (κ2) is 45.7. The third-order valence-corrected chi connectivity index (χ3v) is 20.9. The number of benzene rings is 5. The summed E-state index contributed by atoms with van der Waals surface area (Å²) in [5, 5.41) is 19.8. The number of nitrogens with one attached hydrogen (secondary N) is 6. The van der Waals surface area contributed by atoms with Gasteiger partial charge in [-0.25, -0.2) is 4.98 Å². The summed E-state index contributed by atoms with van der Waals surface area (Å²) in [4.78, 5) is 26.9. The molecule has 16 heterocycles. The van der Waals surface area contributed by atoms with Crippen molar-refractivity contribution in [2.45, 2.75) is 134 Å². The number of hydrogen-bond acceptors (Lipinski definition) is 18. The fourth-order valence-corrected chi connectivity index (χ4v) is 14.8. The summed E-state index contributed by atoms with van der Waals surface area (Å²) >= 11 is 1.93. The molecule has 0 amide bonds. The smallest absolute Gasteiger partial charge is 0.142 e. The van der Waals surface area contributed by atoms with Gasteiger partial charge in [-0.05, 0) is 219 Å². The highest BCUT2D eigenvalue weighted by Gasteiger charge is 2.15. The van der Waals surface area contributed by atoms with Crippen LogP contribution in [0, 0.1) is 0 Å². The minimum atomic E-state index is 0.691. The van der Waals surface area contributed by atoms with Crippen LogP contribution in [-0.2, 0) is 105 Å². The van der Waals surface area contributed by atoms with Crippen molar-refractivity contribution in [1.82, 2.24) is 35.2 Å². The van der Waals surface area contributed by atoms with Crippen molar-refractivity contribution in [3.05, 3.63) is 310 Å². The Morgan fingerprint density at radius 1 is 0.264 bits per heavy atom. The number of hydrogen-bond donors (Lipinski definition) is 6. The molecule has 17 nitrogen and oxygen atoms in total. The molecule has 0 bridgehead atoms. The Kier molecular flexibility index (Phi) is 33.0. The van der Waals surface area contributed by atoms with Crippen LogP contribution in [-0.4, -0.2) is 108 Å². The predicted molar refractivity (Wildman–Crippen MR) is 447 cm³/mol. The van der Waals surface area contributed by atoms with Gasteiger partial charge in [0.25, 0.3) is 0 Å². The lowest BCUT2D eigenvalue weighted by atomic mass is 9.96. The highest BCUT2D eigenvalue weighted by atomic mass is 32.2. The van der Waals surface area contributed by atoms with Gasteiger partial charge in [-0.1, -0.05) is 115 Å². The van der Waals surface area contributed by atoms with Crippen LogP contribution in [0.2, 0.25) is 0 Å². The zero-order valence-corrected chi connectivity index (χ0v) is 64.5. The molecule has 0 unspecified atom stereocenters. The van der Waals surface area contributed by atoms with E-state index < -0.39 is 0 Å². The molecule has 11 aromatic rings. The van der Waals surface area contributed by atoms with Gasteiger partial charge >= 0.3 is 0 Å². The summed E-state index contributed by atoms with van der Waals surface area (Å²) in [5.74, 6) is 4.31. The van der Waals surface area contributed by atoms with E-state index in [2.05, 4.69) is 183 Å². The van der Waals surface area contributed by atoms with E-state index in [9.17, 15) is 0 Å². The first-order chi connectivity index (χ1) is 54.6. The fourth-order valence-electron chi connectivity index (χ4n) is 13.9. The first kappa shape index (κ1) is 79.3. The Hall–Kier alpha value is -10.2. The lowest BCUT2D eigenvalue weighted by Gasteiger charge is -2.17. The first-order valence-electron chi connectivity index (χ1n) is 39.6. The molecule has 11 aliphatic rings. The average Bonchev–Trinajstić information content (AvgIpc) is 1.07. The standard InChI is InChI=1S/2C9H11N.2C9H10O.3C8H10N2.3C8H9NO.C8H9NS/c3*1-2-6-9-8(4-1)5-3-7-10-9;1-2-4-9-7-10-6-5-8(9)3-1;1-3-7-8(9-5-1)4-2-6-10-7;1-3-7-4-2-6-10-8(7)9-5-1;1-2-7-6-9-5-3-8(7)10-4-1;1-2-7-6-10-5-3-8(7)9-4-1;1-2-7-3-5-10-6-8(7)9-4-1;2*1-2-4-8-7(3-1)9-5-6-10-8/h3,5,7H,1-2,4,6H2;1-2,4,6,10H,3,5,7H2;1-2,4,6H,3,5,7H2;1-4H,5-7H2;1,3,5,10H,2,4,6H2;1,3,5H,2,4,6H2,(H,9,10);1-2,4,9H,3,5-6H2;2*1-2,4H,3,5-6H2;2*1-4,9H,5-6H2. The Morgan fingerprint density at radius 2 is 0.745 bits per heavy atom. The van der Waals surface area contributed by atoms with E-state index in [0.29, 0.717) is 6.61 Å². The van der Waals surface area contributed by atoms with Crippen LogP contribution < -0.4 is 41.4 Å². The predicted octanol–water partition coefficient (Wildman–Crippen LogP) is 17.4. The van der Waals surface area contributed by atoms with Gasteiger partial charge in [0, 0.05) is 135 Å². The minimum Gasteiger partial charge on any atom is -0.493 e. The van der Waals surface area contributed by atoms with Crippen LogP contribution >= 0.6 is 11.8 Å². The molecular weight excluding hydrogens is 1390 g/mol. The molecule has 5 aromatic carbocycles. The largest absolute Gasteiger partial charge is 0.493 e. The molecule has 572 valence electrons. The summed E-state index contributed by atoms with van der Waals surface area (Å²) in [6.07, 6.45) is 29.9. The third-order valence-electron chi connectivity index (χ3n) is 19.8. The summed E-state index contributed by atoms with van der Waals surface area (Å²) in [7, 11) is 0. The van der Waals surface area contributed by atoms with E-state index in [4.69, 9.17) is 23.7 Å². The number of anilines is 5. The highest BCUT2D eigenvalue weighted by molar-refractivity contribution is 7.99. The Bertz CT molecular complexity index is 3270. The van der Waals surface area contributed by atoms with Crippen LogP contribution in [0.3, 0.4) is 0 Å². The number of thioether (sulfide) groups is 1. The van der Waals surface area contributed by atoms with E-state index in [1.807, 2.05) is 122 Å². The molecule has 22 rings (SSSR count). The van der Waals surface area contributed by atoms with E-state index in [1.54, 1.807) is 0 Å². The molecule has 0 saturated carbocycles. The van der Waals surface area contributed by atoms with Crippen molar-refractivity contribution in [3.8, 4) is 11.5 Å². The minimum absolute atomic E-state index is 0.691. The number of nitrogens with zero attached hydrogens (tertiary/aromatic N) is 6. The normalized spacial score (nSPS) is 15.9. The monoisotopic (exact) mass is 1490 g/mol. The van der Waals surface area contributed by atoms with Gasteiger partial charge in [0.05, 0.1) is 69.0 Å². The van der Waals surface area contributed by atoms with E-state index in [-0.39, 0.29) is 0 Å². The molecule has 6 N–H and O–H groups in total. The number of rotatable bonds is 0. The fraction of sp³-hybridized carbons (Fsp3) is 0.348. The van der Waals surface area contributed by atoms with Crippen molar-refractivity contribution in [2.24, 2.45) is 0 Å². The zero-order chi connectivity index (χ0) is 74.9. The number of aromatic nitrogens is 6. The van der Waals surface area contributed by atoms with Crippen molar-refractivity contribution < 1.29 is 23.7 Å². The topological polar surface area (TPSA) is 196 Å². The molecular formula is C92H108N12O5S. The van der Waals surface area contributed by atoms with Gasteiger partial charge in [-0.3, -0.25) is 24.9 Å². The molecule has 6 aromatic heterocycles. The molecule has 0 spiro atoms. The molecule has 0 atom stereocenters. The van der Waals surface area contributed by atoms with Crippen molar-refractivity contribution in [3.63, 3.8) is 0 Å². The number of para-hydroxylation sites is 5. The average molecular weight is 1490 g/mol. The summed E-state index contributed by atoms with van der Waals surface area (Å²) < 4.78 is 26.6. The molecule has 0 fully saturated rings. The highest BCUT2D eigenvalue weighted by Crippen LogP contribution is 2.31. The second-order valence-corrected chi connectivity index (χ2v) is 28.7. The van der Waals surface area contributed by atoms with Crippen LogP contribution in [0.15, 0.2) is 236 Å². The maximum atomic E-state index is 5.42. The summed E-state index contributed by atoms with van der Waals surface area (Å²) in [6, 6.07) is 66.3. The SMILES string of the molecule is c1ccc2c(c1)CCCN2.c1ccc2c(c1)CCCO2.c1ccc2c(c1)CCOC2.c1ccc2c(c1)NCCO2.c1ccc2c(c1)NCCS2.c1cnc2c(c1)CCCC2.c1cnc2c(c1)CCCN2.c1cnc2c(c1)CCOC2.c1cnc2c(c1)CNCC2.c1cnc2c(c1)COCC2.c1cnc2c(c1)NCCC2.